The van der Waals surface area contributed by atoms with Gasteiger partial charge in [-0.05, 0) is 84.8 Å². The maximum Gasteiger partial charge on any atom is 0.0391 e. The van der Waals surface area contributed by atoms with Crippen LogP contribution in [0.25, 0.3) is 0 Å². The molecule has 2 N–H and O–H groups in total. The quantitative estimate of drug-likeness (QED) is 0.367. The monoisotopic (exact) mass is 571 g/mol. The van der Waals surface area contributed by atoms with Crippen LogP contribution in [0.15, 0.2) is 0 Å². The van der Waals surface area contributed by atoms with Crippen molar-refractivity contribution in [2.24, 2.45) is 5.73 Å². The summed E-state index contributed by atoms with van der Waals surface area (Å²) in [6.07, 6.45) is 0. The van der Waals surface area contributed by atoms with Crippen molar-refractivity contribution < 1.29 is 0 Å². The van der Waals surface area contributed by atoms with Crippen LogP contribution in [0.5, 0.6) is 0 Å². The van der Waals surface area contributed by atoms with E-state index in [-0.39, 0.29) is 0 Å². The summed E-state index contributed by atoms with van der Waals surface area (Å²) in [7, 11) is 0. The molecular formula is CH5I4NS. The van der Waals surface area contributed by atoms with Crippen molar-refractivity contribution in [2.75, 3.05) is 5.88 Å². The lowest BCUT2D eigenvalue weighted by atomic mass is 11.6. The summed E-state index contributed by atoms with van der Waals surface area (Å²) < 4.78 is -1.42. The van der Waals surface area contributed by atoms with Gasteiger partial charge in [0.05, 0.1) is 0 Å². The first-order chi connectivity index (χ1) is 2.81. The lowest BCUT2D eigenvalue weighted by Crippen LogP contribution is -2.00. The second kappa shape index (κ2) is 3.09. The Labute approximate surface area is 91.9 Å². The Kier molecular flexibility index (Phi) is 4.51. The highest BCUT2D eigenvalue weighted by atomic mass is 127. The van der Waals surface area contributed by atoms with Gasteiger partial charge in [-0.3, -0.25) is 0 Å². The molecule has 7 heavy (non-hydrogen) atoms. The molecule has 0 aromatic rings. The van der Waals surface area contributed by atoms with Gasteiger partial charge in [-0.25, -0.2) is 0 Å². The van der Waals surface area contributed by atoms with Crippen molar-refractivity contribution in [1.29, 1.82) is 0 Å². The Morgan fingerprint density at radius 1 is 1.14 bits per heavy atom. The van der Waals surface area contributed by atoms with E-state index in [1.807, 2.05) is 0 Å². The first-order valence-corrected chi connectivity index (χ1v) is 15.0. The van der Waals surface area contributed by atoms with Gasteiger partial charge in [0.1, 0.15) is 0 Å². The molecule has 0 amide bonds. The van der Waals surface area contributed by atoms with E-state index in [1.165, 1.54) is 0 Å². The van der Waals surface area contributed by atoms with Gasteiger partial charge in [-0.15, -0.1) is -2.15 Å². The van der Waals surface area contributed by atoms with Crippen LogP contribution in [-0.4, -0.2) is 5.88 Å². The molecule has 0 aliphatic rings. The Morgan fingerprint density at radius 3 is 1.29 bits per heavy atom. The van der Waals surface area contributed by atoms with Gasteiger partial charge >= 0.3 is 0 Å². The largest absolute Gasteiger partial charge is 0.322 e. The fourth-order valence-electron chi connectivity index (χ4n) is 0. The van der Waals surface area contributed by atoms with Gasteiger partial charge < -0.3 is 5.73 Å². The minimum absolute atomic E-state index is 0.813. The highest BCUT2D eigenvalue weighted by Crippen LogP contribution is 2.94. The van der Waals surface area contributed by atoms with Gasteiger partial charge in [0, 0.05) is 5.88 Å². The number of rotatable bonds is 1. The Bertz CT molecular complexity index is 64.2. The fraction of sp³-hybridized carbons (Fsp3) is 1.00. The van der Waals surface area contributed by atoms with E-state index in [9.17, 15) is 0 Å². The fourth-order valence-corrected chi connectivity index (χ4v) is 0. The van der Waals surface area contributed by atoms with Crippen LogP contribution in [0.3, 0.4) is 0 Å². The van der Waals surface area contributed by atoms with Gasteiger partial charge in [-0.1, -0.05) is 0 Å². The molecule has 0 saturated heterocycles. The number of halogens is 4. The number of hydrogen-bond donors (Lipinski definition) is 2. The first-order valence-electron chi connectivity index (χ1n) is 1.40. The first kappa shape index (κ1) is 10.2. The van der Waals surface area contributed by atoms with Gasteiger partial charge in [0.2, 0.25) is 0 Å². The summed E-state index contributed by atoms with van der Waals surface area (Å²) in [6, 6.07) is 0. The predicted molar refractivity (Wildman–Crippen MR) is 74.1 cm³/mol. The molecule has 0 rings (SSSR count). The second-order valence-electron chi connectivity index (χ2n) is 1.04. The molecule has 0 aromatic heterocycles. The third kappa shape index (κ3) is 9.23. The minimum Gasteiger partial charge on any atom is -0.322 e. The zero-order valence-corrected chi connectivity index (χ0v) is 12.8. The van der Waals surface area contributed by atoms with E-state index in [4.69, 9.17) is 5.73 Å². The van der Waals surface area contributed by atoms with E-state index >= 15 is 0 Å². The molecule has 0 aliphatic heterocycles. The molecule has 48 valence electrons. The molecule has 0 fully saturated rings. The Hall–Kier alpha value is 3.23. The molecule has 0 bridgehead atoms. The summed E-state index contributed by atoms with van der Waals surface area (Å²) in [5.41, 5.74) is 5.47. The summed E-state index contributed by atoms with van der Waals surface area (Å²) in [5, 5.41) is 0. The van der Waals surface area contributed by atoms with Crippen molar-refractivity contribution in [1.82, 2.24) is 0 Å². The van der Waals surface area contributed by atoms with Crippen LogP contribution in [-0.2, 0) is 0 Å². The third-order valence-corrected chi connectivity index (χ3v) is 5.55. The zero-order valence-electron chi connectivity index (χ0n) is 3.24. The van der Waals surface area contributed by atoms with Crippen molar-refractivity contribution >= 4 is 82.7 Å². The van der Waals surface area contributed by atoms with E-state index in [2.05, 4.69) is 84.8 Å². The average molecular weight is 571 g/mol. The lowest BCUT2D eigenvalue weighted by molar-refractivity contribution is 1.41. The molecule has 6 heteroatoms. The topological polar surface area (TPSA) is 26.0 Å². The molecule has 1 nitrogen and oxygen atoms in total. The van der Waals surface area contributed by atoms with Gasteiger partial charge in [-0.2, -0.15) is 0 Å². The standard InChI is InChI=1S/CH5I4NS/c2-7(3,4,5)1-6/h7H,1,6H2. The van der Waals surface area contributed by atoms with E-state index < -0.39 is -2.15 Å². The smallest absolute Gasteiger partial charge is 0.0391 e. The highest BCUT2D eigenvalue weighted by molar-refractivity contribution is 14.6. The van der Waals surface area contributed by atoms with E-state index in [0.717, 1.165) is 5.88 Å². The number of thiol groups is 1. The van der Waals surface area contributed by atoms with Crippen molar-refractivity contribution in [2.45, 2.75) is 0 Å². The van der Waals surface area contributed by atoms with Crippen LogP contribution < -0.4 is 5.73 Å². The lowest BCUT2D eigenvalue weighted by Gasteiger charge is -2.35. The SMILES string of the molecule is NC[SH](I)(I)(I)I. The van der Waals surface area contributed by atoms with Crippen LogP contribution in [0, 0.1) is 0 Å². The minimum atomic E-state index is -1.42. The molecule has 0 aromatic carbocycles. The number of nitrogens with two attached hydrogens (primary N) is 1. The Morgan fingerprint density at radius 2 is 1.29 bits per heavy atom. The molecule has 0 unspecified atom stereocenters. The van der Waals surface area contributed by atoms with Crippen molar-refractivity contribution in [3.8, 4) is 0 Å². The summed E-state index contributed by atoms with van der Waals surface area (Å²) >= 11 is 9.76. The summed E-state index contributed by atoms with van der Waals surface area (Å²) in [4.78, 5) is 0. The Balaban J connectivity index is 3.83. The third-order valence-electron chi connectivity index (χ3n) is 0.276. The highest BCUT2D eigenvalue weighted by Gasteiger charge is 2.23. The van der Waals surface area contributed by atoms with Crippen LogP contribution >= 0.6 is 82.7 Å². The maximum atomic E-state index is 5.47. The zero-order chi connectivity index (χ0) is 6.15. The molecule has 0 aliphatic carbocycles. The van der Waals surface area contributed by atoms with Crippen molar-refractivity contribution in [3.05, 3.63) is 0 Å². The molecule has 0 heterocycles. The average Bonchev–Trinajstić information content (AvgIpc) is 1.32. The molecule has 0 atom stereocenters. The molecule has 0 saturated carbocycles. The predicted octanol–water partition coefficient (Wildman–Crippen LogP) is 3.38. The van der Waals surface area contributed by atoms with E-state index in [1.54, 1.807) is 0 Å². The second-order valence-corrected chi connectivity index (χ2v) is 61.9. The number of hydrogen-bond acceptors (Lipinski definition) is 1. The van der Waals surface area contributed by atoms with Crippen molar-refractivity contribution in [3.63, 3.8) is 0 Å². The molecular weight excluding hydrogens is 566 g/mol. The summed E-state index contributed by atoms with van der Waals surface area (Å²) in [5.74, 6) is 0.813. The van der Waals surface area contributed by atoms with Gasteiger partial charge in [0.15, 0.2) is 0 Å². The molecule has 0 spiro atoms. The summed E-state index contributed by atoms with van der Waals surface area (Å²) in [6.45, 7) is 0. The normalized spacial score (nSPS) is 18.1. The van der Waals surface area contributed by atoms with Crippen LogP contribution in [0.2, 0.25) is 0 Å². The maximum absolute atomic E-state index is 5.47. The van der Waals surface area contributed by atoms with Gasteiger partial charge in [0.25, 0.3) is 0 Å². The van der Waals surface area contributed by atoms with Crippen LogP contribution in [0.4, 0.5) is 0 Å². The van der Waals surface area contributed by atoms with Crippen LogP contribution in [0.1, 0.15) is 0 Å². The molecule has 0 radical (unpaired) electrons. The van der Waals surface area contributed by atoms with E-state index in [0.29, 0.717) is 0 Å².